The van der Waals surface area contributed by atoms with Crippen molar-refractivity contribution in [2.75, 3.05) is 12.4 Å². The number of aromatic carboxylic acids is 1. The zero-order valence-corrected chi connectivity index (χ0v) is 18.5. The van der Waals surface area contributed by atoms with Gasteiger partial charge in [-0.2, -0.15) is 0 Å². The monoisotopic (exact) mass is 427 g/mol. The summed E-state index contributed by atoms with van der Waals surface area (Å²) in [6, 6.07) is 17.0. The van der Waals surface area contributed by atoms with Gasteiger partial charge in [0.2, 0.25) is 0 Å². The van der Waals surface area contributed by atoms with Crippen LogP contribution in [0.3, 0.4) is 0 Å². The first-order valence-electron chi connectivity index (χ1n) is 10.6. The van der Waals surface area contributed by atoms with Crippen molar-refractivity contribution in [1.82, 2.24) is 0 Å². The first kappa shape index (κ1) is 20.2. The Kier molecular flexibility index (Phi) is 4.52. The molecule has 0 aromatic heterocycles. The predicted molar refractivity (Wildman–Crippen MR) is 126 cm³/mol. The molecule has 0 saturated carbocycles. The second-order valence-corrected chi connectivity index (χ2v) is 8.89. The van der Waals surface area contributed by atoms with Crippen LogP contribution in [-0.4, -0.2) is 23.7 Å². The molecule has 32 heavy (non-hydrogen) atoms. The second-order valence-electron chi connectivity index (χ2n) is 8.89. The Morgan fingerprint density at radius 1 is 1.09 bits per heavy atom. The molecule has 1 atom stereocenters. The summed E-state index contributed by atoms with van der Waals surface area (Å²) in [5.41, 5.74) is 7.10. The number of methoxy groups -OCH3 is 1. The van der Waals surface area contributed by atoms with E-state index < -0.39 is 12.1 Å². The highest BCUT2D eigenvalue weighted by molar-refractivity contribution is 5.92. The summed E-state index contributed by atoms with van der Waals surface area (Å²) in [4.78, 5) is 11.6. The molecule has 5 rings (SSSR count). The third kappa shape index (κ3) is 3.12. The molecule has 0 bridgehead atoms. The van der Waals surface area contributed by atoms with E-state index in [1.165, 1.54) is 0 Å². The number of rotatable bonds is 3. The highest BCUT2D eigenvalue weighted by Crippen LogP contribution is 2.53. The molecule has 2 aliphatic rings. The van der Waals surface area contributed by atoms with Crippen molar-refractivity contribution in [3.63, 3.8) is 0 Å². The standard InChI is InChI=1S/C27H25NO4/c1-15-14-27(2,3)28-19-12-11-18-23-20(31-4)9-6-10-21(23)32-25(24(18)22(15)19)16-7-5-8-17(13-16)26(29)30/h5-14,25,28H,1-4H3,(H,29,30). The van der Waals surface area contributed by atoms with Gasteiger partial charge in [-0.15, -0.1) is 0 Å². The SMILES string of the molecule is COc1cccc2c1-c1ccc3c(c1C(c1cccc(C(=O)O)c1)O2)C(C)=CC(C)(C)N3. The summed E-state index contributed by atoms with van der Waals surface area (Å²) >= 11 is 0. The van der Waals surface area contributed by atoms with E-state index in [4.69, 9.17) is 9.47 Å². The summed E-state index contributed by atoms with van der Waals surface area (Å²) in [5, 5.41) is 13.2. The van der Waals surface area contributed by atoms with Gasteiger partial charge in [-0.05, 0) is 67.8 Å². The Hall–Kier alpha value is -3.73. The normalized spacial score (nSPS) is 17.6. The minimum atomic E-state index is -0.959. The summed E-state index contributed by atoms with van der Waals surface area (Å²) in [5.74, 6) is 0.500. The van der Waals surface area contributed by atoms with Crippen LogP contribution in [0.2, 0.25) is 0 Å². The van der Waals surface area contributed by atoms with Gasteiger partial charge in [0.15, 0.2) is 6.10 Å². The van der Waals surface area contributed by atoms with Crippen molar-refractivity contribution in [3.8, 4) is 22.6 Å². The molecule has 0 fully saturated rings. The van der Waals surface area contributed by atoms with Gasteiger partial charge in [0.05, 0.1) is 23.8 Å². The predicted octanol–water partition coefficient (Wildman–Crippen LogP) is 6.15. The van der Waals surface area contributed by atoms with Gasteiger partial charge < -0.3 is 19.9 Å². The van der Waals surface area contributed by atoms with Crippen molar-refractivity contribution in [3.05, 3.63) is 82.9 Å². The molecule has 3 aromatic rings. The van der Waals surface area contributed by atoms with Crippen LogP contribution in [0.15, 0.2) is 60.7 Å². The van der Waals surface area contributed by atoms with Gasteiger partial charge in [0.1, 0.15) is 11.5 Å². The first-order chi connectivity index (χ1) is 15.3. The topological polar surface area (TPSA) is 67.8 Å². The number of anilines is 1. The number of hydrogen-bond acceptors (Lipinski definition) is 4. The molecule has 5 heteroatoms. The fourth-order valence-corrected chi connectivity index (χ4v) is 4.94. The summed E-state index contributed by atoms with van der Waals surface area (Å²) < 4.78 is 12.2. The van der Waals surface area contributed by atoms with Crippen LogP contribution in [0.1, 0.15) is 53.9 Å². The summed E-state index contributed by atoms with van der Waals surface area (Å²) in [6.07, 6.45) is 1.77. The molecule has 0 radical (unpaired) electrons. The van der Waals surface area contributed by atoms with E-state index in [2.05, 4.69) is 44.3 Å². The maximum atomic E-state index is 11.6. The van der Waals surface area contributed by atoms with Crippen LogP contribution in [-0.2, 0) is 0 Å². The molecule has 0 aliphatic carbocycles. The van der Waals surface area contributed by atoms with Crippen LogP contribution >= 0.6 is 0 Å². The van der Waals surface area contributed by atoms with E-state index in [0.29, 0.717) is 5.75 Å². The van der Waals surface area contributed by atoms with Crippen molar-refractivity contribution >= 4 is 17.2 Å². The summed E-state index contributed by atoms with van der Waals surface area (Å²) in [7, 11) is 1.66. The molecule has 1 unspecified atom stereocenters. The van der Waals surface area contributed by atoms with E-state index >= 15 is 0 Å². The van der Waals surface area contributed by atoms with Crippen LogP contribution < -0.4 is 14.8 Å². The Labute approximate surface area is 187 Å². The molecular formula is C27H25NO4. The lowest BCUT2D eigenvalue weighted by Gasteiger charge is -2.37. The summed E-state index contributed by atoms with van der Waals surface area (Å²) in [6.45, 7) is 6.40. The van der Waals surface area contributed by atoms with Crippen molar-refractivity contribution in [2.24, 2.45) is 0 Å². The number of ether oxygens (including phenoxy) is 2. The minimum Gasteiger partial charge on any atom is -0.496 e. The maximum absolute atomic E-state index is 11.6. The Balaban J connectivity index is 1.82. The number of benzene rings is 3. The lowest BCUT2D eigenvalue weighted by molar-refractivity contribution is 0.0696. The zero-order chi connectivity index (χ0) is 22.6. The molecule has 0 amide bonds. The maximum Gasteiger partial charge on any atom is 0.335 e. The highest BCUT2D eigenvalue weighted by atomic mass is 16.5. The van der Waals surface area contributed by atoms with Gasteiger partial charge >= 0.3 is 5.97 Å². The van der Waals surface area contributed by atoms with E-state index in [0.717, 1.165) is 44.8 Å². The fraction of sp³-hybridized carbons (Fsp3) is 0.222. The van der Waals surface area contributed by atoms with Crippen LogP contribution in [0.25, 0.3) is 16.7 Å². The highest BCUT2D eigenvalue weighted by Gasteiger charge is 2.35. The van der Waals surface area contributed by atoms with Gasteiger partial charge in [-0.3, -0.25) is 0 Å². The number of nitrogens with one attached hydrogen (secondary N) is 1. The molecule has 2 N–H and O–H groups in total. The number of carboxylic acid groups (broad SMARTS) is 1. The molecule has 5 nitrogen and oxygen atoms in total. The molecule has 162 valence electrons. The molecular weight excluding hydrogens is 402 g/mol. The third-order valence-corrected chi connectivity index (χ3v) is 6.09. The van der Waals surface area contributed by atoms with Crippen molar-refractivity contribution < 1.29 is 19.4 Å². The van der Waals surface area contributed by atoms with Gasteiger partial charge in [-0.25, -0.2) is 4.79 Å². The second kappa shape index (κ2) is 7.16. The van der Waals surface area contributed by atoms with E-state index in [-0.39, 0.29) is 11.1 Å². The first-order valence-corrected chi connectivity index (χ1v) is 10.6. The molecule has 0 saturated heterocycles. The lowest BCUT2D eigenvalue weighted by atomic mass is 9.80. The van der Waals surface area contributed by atoms with Gasteiger partial charge in [-0.1, -0.05) is 30.3 Å². The number of allylic oxidation sites excluding steroid dienone is 1. The molecule has 2 aliphatic heterocycles. The Morgan fingerprint density at radius 2 is 1.88 bits per heavy atom. The lowest BCUT2D eigenvalue weighted by Crippen LogP contribution is -2.32. The Morgan fingerprint density at radius 3 is 2.62 bits per heavy atom. The van der Waals surface area contributed by atoms with Crippen LogP contribution in [0.4, 0.5) is 5.69 Å². The van der Waals surface area contributed by atoms with E-state index in [1.54, 1.807) is 25.3 Å². The smallest absolute Gasteiger partial charge is 0.335 e. The van der Waals surface area contributed by atoms with E-state index in [1.807, 2.05) is 24.3 Å². The zero-order valence-electron chi connectivity index (χ0n) is 18.5. The number of carboxylic acids is 1. The fourth-order valence-electron chi connectivity index (χ4n) is 4.94. The Bertz CT molecular complexity index is 1290. The number of hydrogen-bond donors (Lipinski definition) is 2. The number of fused-ring (bicyclic) bond motifs is 5. The van der Waals surface area contributed by atoms with Crippen molar-refractivity contribution in [1.29, 1.82) is 0 Å². The van der Waals surface area contributed by atoms with Gasteiger partial charge in [0.25, 0.3) is 0 Å². The number of carbonyl (C=O) groups is 1. The van der Waals surface area contributed by atoms with Crippen LogP contribution in [0.5, 0.6) is 11.5 Å². The molecule has 2 heterocycles. The van der Waals surface area contributed by atoms with Crippen LogP contribution in [0, 0.1) is 0 Å². The quantitative estimate of drug-likeness (QED) is 0.525. The third-order valence-electron chi connectivity index (χ3n) is 6.09. The van der Waals surface area contributed by atoms with Crippen molar-refractivity contribution in [2.45, 2.75) is 32.4 Å². The average molecular weight is 428 g/mol. The van der Waals surface area contributed by atoms with Gasteiger partial charge in [0, 0.05) is 16.8 Å². The molecule has 3 aromatic carbocycles. The largest absolute Gasteiger partial charge is 0.496 e. The molecule has 0 spiro atoms. The van der Waals surface area contributed by atoms with E-state index in [9.17, 15) is 9.90 Å². The minimum absolute atomic E-state index is 0.171. The average Bonchev–Trinajstić information content (AvgIpc) is 2.76.